The first-order valence-electron chi connectivity index (χ1n) is 14.0. The van der Waals surface area contributed by atoms with Gasteiger partial charge in [0.05, 0.1) is 33.0 Å². The van der Waals surface area contributed by atoms with Crippen molar-refractivity contribution in [1.29, 1.82) is 0 Å². The van der Waals surface area contributed by atoms with E-state index in [1.165, 1.54) is 0 Å². The number of aromatic nitrogens is 3. The van der Waals surface area contributed by atoms with Gasteiger partial charge in [0, 0.05) is 18.5 Å². The smallest absolute Gasteiger partial charge is 0.439 e. The van der Waals surface area contributed by atoms with Crippen molar-refractivity contribution in [3.63, 3.8) is 0 Å². The number of piperidine rings is 1. The van der Waals surface area contributed by atoms with Crippen molar-refractivity contribution in [2.24, 2.45) is 11.8 Å². The lowest BCUT2D eigenvalue weighted by molar-refractivity contribution is -0.185. The molecule has 1 aromatic carbocycles. The molecular formula is C27H27F9N4O4S. The first kappa shape index (κ1) is 33.1. The molecule has 2 aromatic heterocycles. The fraction of sp³-hybridized carbons (Fsp3) is 0.593. The molecule has 1 saturated carbocycles. The number of ether oxygens (including phenoxy) is 2. The molecule has 1 aliphatic carbocycles. The molecule has 0 unspecified atom stereocenters. The zero-order valence-corrected chi connectivity index (χ0v) is 24.1. The van der Waals surface area contributed by atoms with Crippen molar-refractivity contribution in [2.45, 2.75) is 76.6 Å². The third kappa shape index (κ3) is 8.12. The first-order valence-corrected chi connectivity index (χ1v) is 14.8. The van der Waals surface area contributed by atoms with Crippen molar-refractivity contribution in [3.8, 4) is 22.9 Å². The van der Waals surface area contributed by atoms with E-state index in [0.717, 1.165) is 23.5 Å². The number of nitrogens with zero attached hydrogens (tertiary/aromatic N) is 3. The molecule has 8 nitrogen and oxygen atoms in total. The standard InChI is InChI=1S/C27H27F9N4O4S/c28-17-9-16(22-38-25(41)44-39-22)19(43-24(29)30)10-20(17)42-12-21-18(11-40-7-5-15(6-8-40)27(34,35)36)37-23(45-21)13-1-3-14(4-2-13)26(31,32)33/h9-10,13-15,24H,1-8,11-12H2,(H,38,39,41). The minimum absolute atomic E-state index is 0.0683. The average molecular weight is 675 g/mol. The van der Waals surface area contributed by atoms with Gasteiger partial charge in [-0.25, -0.2) is 14.2 Å². The van der Waals surface area contributed by atoms with Gasteiger partial charge >= 0.3 is 24.7 Å². The molecule has 248 valence electrons. The largest absolute Gasteiger partial charge is 0.485 e. The third-order valence-electron chi connectivity index (χ3n) is 8.06. The highest BCUT2D eigenvalue weighted by molar-refractivity contribution is 7.11. The molecule has 3 aromatic rings. The number of H-pyrrole nitrogens is 1. The van der Waals surface area contributed by atoms with Crippen LogP contribution in [0.2, 0.25) is 0 Å². The van der Waals surface area contributed by atoms with Crippen molar-refractivity contribution >= 4 is 11.3 Å². The van der Waals surface area contributed by atoms with Gasteiger partial charge in [0.25, 0.3) is 0 Å². The first-order chi connectivity index (χ1) is 21.2. The van der Waals surface area contributed by atoms with Crippen LogP contribution in [-0.4, -0.2) is 52.1 Å². The molecule has 0 amide bonds. The summed E-state index contributed by atoms with van der Waals surface area (Å²) >= 11 is 1.15. The van der Waals surface area contributed by atoms with E-state index in [1.54, 1.807) is 4.90 Å². The highest BCUT2D eigenvalue weighted by atomic mass is 32.1. The predicted molar refractivity (Wildman–Crippen MR) is 140 cm³/mol. The lowest BCUT2D eigenvalue weighted by Gasteiger charge is -2.32. The molecular weight excluding hydrogens is 647 g/mol. The van der Waals surface area contributed by atoms with Gasteiger partial charge in [-0.05, 0) is 57.7 Å². The van der Waals surface area contributed by atoms with E-state index in [1.807, 2.05) is 0 Å². The van der Waals surface area contributed by atoms with E-state index in [0.29, 0.717) is 15.6 Å². The second-order valence-electron chi connectivity index (χ2n) is 11.0. The molecule has 0 atom stereocenters. The summed E-state index contributed by atoms with van der Waals surface area (Å²) in [7, 11) is 0. The van der Waals surface area contributed by atoms with Gasteiger partial charge < -0.3 is 9.47 Å². The predicted octanol–water partition coefficient (Wildman–Crippen LogP) is 7.42. The monoisotopic (exact) mass is 674 g/mol. The minimum Gasteiger partial charge on any atom is -0.485 e. The van der Waals surface area contributed by atoms with Crippen LogP contribution in [-0.2, 0) is 13.2 Å². The number of thiazole rings is 1. The maximum atomic E-state index is 15.1. The Morgan fingerprint density at radius 2 is 1.62 bits per heavy atom. The third-order valence-corrected chi connectivity index (χ3v) is 9.30. The van der Waals surface area contributed by atoms with Gasteiger partial charge in [-0.15, -0.1) is 11.3 Å². The molecule has 1 aliphatic heterocycles. The fourth-order valence-corrected chi connectivity index (χ4v) is 6.78. The number of alkyl halides is 8. The van der Waals surface area contributed by atoms with Crippen LogP contribution in [0.25, 0.3) is 11.4 Å². The molecule has 0 bridgehead atoms. The van der Waals surface area contributed by atoms with Gasteiger partial charge in [0.2, 0.25) is 0 Å². The van der Waals surface area contributed by atoms with E-state index in [-0.39, 0.29) is 82.1 Å². The molecule has 0 spiro atoms. The Morgan fingerprint density at radius 3 is 2.20 bits per heavy atom. The topological polar surface area (TPSA) is 93.5 Å². The second-order valence-corrected chi connectivity index (χ2v) is 12.1. The Morgan fingerprint density at radius 1 is 0.978 bits per heavy atom. The van der Waals surface area contributed by atoms with Crippen molar-refractivity contribution in [2.75, 3.05) is 13.1 Å². The van der Waals surface area contributed by atoms with Crippen LogP contribution < -0.4 is 15.2 Å². The van der Waals surface area contributed by atoms with E-state index < -0.39 is 53.9 Å². The molecule has 5 rings (SSSR count). The summed E-state index contributed by atoms with van der Waals surface area (Å²) in [6.45, 7) is -3.23. The Labute approximate surface area is 253 Å². The second kappa shape index (κ2) is 13.2. The molecule has 1 N–H and O–H groups in total. The van der Waals surface area contributed by atoms with E-state index in [4.69, 9.17) is 4.74 Å². The zero-order chi connectivity index (χ0) is 32.5. The number of hydrogen-bond acceptors (Lipinski definition) is 8. The molecule has 1 saturated heterocycles. The van der Waals surface area contributed by atoms with Crippen LogP contribution in [0.5, 0.6) is 11.5 Å². The van der Waals surface area contributed by atoms with Crippen LogP contribution in [0.1, 0.15) is 60.0 Å². The quantitative estimate of drug-likeness (QED) is 0.236. The summed E-state index contributed by atoms with van der Waals surface area (Å²) in [4.78, 5) is 20.3. The number of nitrogens with one attached hydrogen (secondary N) is 1. The minimum atomic E-state index is -4.30. The van der Waals surface area contributed by atoms with Gasteiger partial charge in [0.1, 0.15) is 12.4 Å². The summed E-state index contributed by atoms with van der Waals surface area (Å²) in [5.41, 5.74) is 0.0862. The van der Waals surface area contributed by atoms with Crippen LogP contribution >= 0.6 is 11.3 Å². The number of aromatic amines is 1. The molecule has 0 radical (unpaired) electrons. The molecule has 45 heavy (non-hydrogen) atoms. The highest BCUT2D eigenvalue weighted by Gasteiger charge is 2.43. The van der Waals surface area contributed by atoms with Gasteiger partial charge in [0.15, 0.2) is 17.4 Å². The fourth-order valence-electron chi connectivity index (χ4n) is 5.63. The molecule has 18 heteroatoms. The highest BCUT2D eigenvalue weighted by Crippen LogP contribution is 2.44. The zero-order valence-electron chi connectivity index (χ0n) is 23.3. The van der Waals surface area contributed by atoms with Gasteiger partial charge in [-0.1, -0.05) is 5.16 Å². The van der Waals surface area contributed by atoms with Gasteiger partial charge in [-0.3, -0.25) is 14.4 Å². The summed E-state index contributed by atoms with van der Waals surface area (Å²) in [6.07, 6.45) is -8.46. The van der Waals surface area contributed by atoms with Crippen LogP contribution in [0.3, 0.4) is 0 Å². The Balaban J connectivity index is 1.37. The lowest BCUT2D eigenvalue weighted by atomic mass is 9.82. The van der Waals surface area contributed by atoms with Crippen LogP contribution in [0.4, 0.5) is 39.5 Å². The summed E-state index contributed by atoms with van der Waals surface area (Å²) in [5, 5.41) is 3.90. The summed E-state index contributed by atoms with van der Waals surface area (Å²) in [6, 6.07) is 1.59. The number of rotatable bonds is 9. The molecule has 2 fully saturated rings. The molecule has 3 heterocycles. The van der Waals surface area contributed by atoms with E-state index >= 15 is 4.39 Å². The van der Waals surface area contributed by atoms with E-state index in [2.05, 4.69) is 24.4 Å². The lowest BCUT2D eigenvalue weighted by Crippen LogP contribution is -2.38. The van der Waals surface area contributed by atoms with Crippen molar-refractivity contribution in [1.82, 2.24) is 20.0 Å². The van der Waals surface area contributed by atoms with Crippen LogP contribution in [0, 0.1) is 17.7 Å². The Kier molecular flexibility index (Phi) is 9.72. The van der Waals surface area contributed by atoms with Crippen molar-refractivity contribution < 1.29 is 53.5 Å². The van der Waals surface area contributed by atoms with Crippen LogP contribution in [0.15, 0.2) is 21.5 Å². The van der Waals surface area contributed by atoms with Crippen molar-refractivity contribution in [3.05, 3.63) is 44.1 Å². The SMILES string of the molecule is O=c1[nH]c(-c2cc(F)c(OCc3sc(C4CCC(C(F)(F)F)CC4)nc3CN3CCC(C(F)(F)F)CC3)cc2OC(F)F)no1. The average Bonchev–Trinajstić information content (AvgIpc) is 3.58. The molecule has 2 aliphatic rings. The number of benzene rings is 1. The van der Waals surface area contributed by atoms with Gasteiger partial charge in [-0.2, -0.15) is 35.1 Å². The maximum absolute atomic E-state index is 15.1. The number of halogens is 9. The maximum Gasteiger partial charge on any atom is 0.439 e. The summed E-state index contributed by atoms with van der Waals surface area (Å²) < 4.78 is 135. The Hall–Kier alpha value is -3.28. The number of hydrogen-bond donors (Lipinski definition) is 1. The van der Waals surface area contributed by atoms with E-state index in [9.17, 15) is 39.9 Å². The normalized spacial score (nSPS) is 20.6. The number of likely N-dealkylation sites (tertiary alicyclic amines) is 1. The summed E-state index contributed by atoms with van der Waals surface area (Å²) in [5.74, 6) is -6.59. The Bertz CT molecular complexity index is 1500.